The second kappa shape index (κ2) is 6.42. The van der Waals surface area contributed by atoms with Crippen LogP contribution in [0.25, 0.3) is 0 Å². The zero-order valence-electron chi connectivity index (χ0n) is 11.6. The van der Waals surface area contributed by atoms with Gasteiger partial charge < -0.3 is 9.64 Å². The molecule has 0 spiro atoms. The van der Waals surface area contributed by atoms with E-state index >= 15 is 0 Å². The lowest BCUT2D eigenvalue weighted by molar-refractivity contribution is 0.223. The lowest BCUT2D eigenvalue weighted by Gasteiger charge is -2.33. The largest absolute Gasteiger partial charge is 0.493 e. The number of aromatic nitrogens is 1. The third-order valence-corrected chi connectivity index (χ3v) is 3.87. The van der Waals surface area contributed by atoms with Gasteiger partial charge >= 0.3 is 0 Å². The van der Waals surface area contributed by atoms with Crippen molar-refractivity contribution in [1.82, 2.24) is 4.98 Å². The summed E-state index contributed by atoms with van der Waals surface area (Å²) in [5.41, 5.74) is 1.28. The van der Waals surface area contributed by atoms with Crippen molar-refractivity contribution in [2.45, 2.75) is 12.8 Å². The molecule has 0 aliphatic carbocycles. The minimum Gasteiger partial charge on any atom is -0.493 e. The van der Waals surface area contributed by atoms with E-state index in [1.807, 2.05) is 42.7 Å². The molecule has 1 aliphatic rings. The third kappa shape index (κ3) is 3.29. The number of hydrogen-bond acceptors (Lipinski definition) is 3. The Morgan fingerprint density at radius 1 is 1.00 bits per heavy atom. The topological polar surface area (TPSA) is 25.4 Å². The van der Waals surface area contributed by atoms with Gasteiger partial charge in [-0.3, -0.25) is 4.98 Å². The van der Waals surface area contributed by atoms with Crippen LogP contribution >= 0.6 is 0 Å². The molecule has 2 heterocycles. The Hall–Kier alpha value is -2.03. The maximum Gasteiger partial charge on any atom is 0.119 e. The number of para-hydroxylation sites is 1. The summed E-state index contributed by atoms with van der Waals surface area (Å²) in [6, 6.07) is 14.3. The first-order chi connectivity index (χ1) is 9.92. The van der Waals surface area contributed by atoms with Gasteiger partial charge in [0.2, 0.25) is 0 Å². The summed E-state index contributed by atoms with van der Waals surface area (Å²) in [4.78, 5) is 6.50. The maximum atomic E-state index is 5.86. The molecule has 1 aliphatic heterocycles. The summed E-state index contributed by atoms with van der Waals surface area (Å²) in [5, 5.41) is 0. The van der Waals surface area contributed by atoms with Gasteiger partial charge in [0.1, 0.15) is 5.75 Å². The first-order valence-electron chi connectivity index (χ1n) is 7.24. The first-order valence-corrected chi connectivity index (χ1v) is 7.24. The maximum absolute atomic E-state index is 5.86. The molecule has 1 aromatic carbocycles. The van der Waals surface area contributed by atoms with Crippen LogP contribution < -0.4 is 9.64 Å². The van der Waals surface area contributed by atoms with E-state index in [1.165, 1.54) is 18.5 Å². The summed E-state index contributed by atoms with van der Waals surface area (Å²) in [5.74, 6) is 1.64. The van der Waals surface area contributed by atoms with Gasteiger partial charge in [-0.05, 0) is 43.0 Å². The number of pyridine rings is 1. The molecule has 0 bridgehead atoms. The van der Waals surface area contributed by atoms with Crippen molar-refractivity contribution in [3.63, 3.8) is 0 Å². The standard InChI is InChI=1S/C17H20N2O/c1-2-4-17(5-3-1)20-14-15-8-12-19(13-9-15)16-6-10-18-11-7-16/h1-7,10-11,15H,8-9,12-14H2. The van der Waals surface area contributed by atoms with Gasteiger partial charge in [-0.1, -0.05) is 18.2 Å². The van der Waals surface area contributed by atoms with Gasteiger partial charge in [0.25, 0.3) is 0 Å². The van der Waals surface area contributed by atoms with Crippen molar-refractivity contribution >= 4 is 5.69 Å². The lowest BCUT2D eigenvalue weighted by atomic mass is 9.97. The Kier molecular flexibility index (Phi) is 4.16. The minimum atomic E-state index is 0.660. The van der Waals surface area contributed by atoms with Crippen molar-refractivity contribution in [3.05, 3.63) is 54.9 Å². The molecule has 0 radical (unpaired) electrons. The van der Waals surface area contributed by atoms with Crippen LogP contribution in [0.5, 0.6) is 5.75 Å². The van der Waals surface area contributed by atoms with Crippen molar-refractivity contribution in [1.29, 1.82) is 0 Å². The Balaban J connectivity index is 1.47. The Labute approximate surface area is 120 Å². The fourth-order valence-corrected chi connectivity index (χ4v) is 2.64. The highest BCUT2D eigenvalue weighted by Gasteiger charge is 2.19. The second-order valence-electron chi connectivity index (χ2n) is 5.26. The van der Waals surface area contributed by atoms with Crippen molar-refractivity contribution in [2.75, 3.05) is 24.6 Å². The van der Waals surface area contributed by atoms with E-state index in [0.29, 0.717) is 5.92 Å². The van der Waals surface area contributed by atoms with Gasteiger partial charge in [0.15, 0.2) is 0 Å². The van der Waals surface area contributed by atoms with E-state index in [1.54, 1.807) is 0 Å². The van der Waals surface area contributed by atoms with Crippen LogP contribution in [-0.4, -0.2) is 24.7 Å². The van der Waals surface area contributed by atoms with Crippen LogP contribution in [0.4, 0.5) is 5.69 Å². The van der Waals surface area contributed by atoms with E-state index in [-0.39, 0.29) is 0 Å². The monoisotopic (exact) mass is 268 g/mol. The number of nitrogens with zero attached hydrogens (tertiary/aromatic N) is 2. The van der Waals surface area contributed by atoms with Crippen molar-refractivity contribution < 1.29 is 4.74 Å². The molecule has 3 nitrogen and oxygen atoms in total. The molecule has 0 atom stereocenters. The Bertz CT molecular complexity index is 507. The average Bonchev–Trinajstić information content (AvgIpc) is 2.55. The molecule has 3 rings (SSSR count). The van der Waals surface area contributed by atoms with E-state index < -0.39 is 0 Å². The van der Waals surface area contributed by atoms with Gasteiger partial charge in [0, 0.05) is 31.2 Å². The summed E-state index contributed by atoms with van der Waals surface area (Å²) in [6.07, 6.45) is 6.10. The highest BCUT2D eigenvalue weighted by Crippen LogP contribution is 2.23. The predicted octanol–water partition coefficient (Wildman–Crippen LogP) is 3.38. The number of rotatable bonds is 4. The fraction of sp³-hybridized carbons (Fsp3) is 0.353. The Morgan fingerprint density at radius 3 is 2.40 bits per heavy atom. The Morgan fingerprint density at radius 2 is 1.70 bits per heavy atom. The average molecular weight is 268 g/mol. The number of piperidine rings is 1. The van der Waals surface area contributed by atoms with E-state index in [2.05, 4.69) is 22.0 Å². The molecule has 1 saturated heterocycles. The fourth-order valence-electron chi connectivity index (χ4n) is 2.64. The SMILES string of the molecule is c1ccc(OCC2CCN(c3ccncc3)CC2)cc1. The number of benzene rings is 1. The van der Waals surface area contributed by atoms with Crippen LogP contribution in [0.1, 0.15) is 12.8 Å². The molecule has 1 fully saturated rings. The second-order valence-corrected chi connectivity index (χ2v) is 5.26. The van der Waals surface area contributed by atoms with Crippen LogP contribution in [0.3, 0.4) is 0 Å². The smallest absolute Gasteiger partial charge is 0.119 e. The minimum absolute atomic E-state index is 0.660. The highest BCUT2D eigenvalue weighted by molar-refractivity contribution is 5.44. The van der Waals surface area contributed by atoms with Crippen LogP contribution in [-0.2, 0) is 0 Å². The van der Waals surface area contributed by atoms with Gasteiger partial charge in [0.05, 0.1) is 6.61 Å². The summed E-state index contributed by atoms with van der Waals surface area (Å²) in [7, 11) is 0. The molecule has 104 valence electrons. The van der Waals surface area contributed by atoms with E-state index in [4.69, 9.17) is 4.74 Å². The van der Waals surface area contributed by atoms with Crippen molar-refractivity contribution in [3.8, 4) is 5.75 Å². The molecule has 20 heavy (non-hydrogen) atoms. The molecule has 0 amide bonds. The molecule has 2 aromatic rings. The van der Waals surface area contributed by atoms with Crippen LogP contribution in [0.2, 0.25) is 0 Å². The van der Waals surface area contributed by atoms with Crippen LogP contribution in [0, 0.1) is 5.92 Å². The number of anilines is 1. The van der Waals surface area contributed by atoms with Gasteiger partial charge in [-0.2, -0.15) is 0 Å². The zero-order chi connectivity index (χ0) is 13.6. The van der Waals surface area contributed by atoms with Gasteiger partial charge in [-0.15, -0.1) is 0 Å². The molecule has 0 unspecified atom stereocenters. The van der Waals surface area contributed by atoms with E-state index in [9.17, 15) is 0 Å². The highest BCUT2D eigenvalue weighted by atomic mass is 16.5. The molecule has 3 heteroatoms. The molecule has 0 saturated carbocycles. The molecular formula is C17H20N2O. The third-order valence-electron chi connectivity index (χ3n) is 3.87. The van der Waals surface area contributed by atoms with Crippen molar-refractivity contribution in [2.24, 2.45) is 5.92 Å². The number of hydrogen-bond donors (Lipinski definition) is 0. The molecular weight excluding hydrogens is 248 g/mol. The molecule has 0 N–H and O–H groups in total. The summed E-state index contributed by atoms with van der Waals surface area (Å²) < 4.78 is 5.86. The molecule has 1 aromatic heterocycles. The zero-order valence-corrected chi connectivity index (χ0v) is 11.6. The summed E-state index contributed by atoms with van der Waals surface area (Å²) >= 11 is 0. The first kappa shape index (κ1) is 13.0. The predicted molar refractivity (Wildman–Crippen MR) is 81.1 cm³/mol. The lowest BCUT2D eigenvalue weighted by Crippen LogP contribution is -2.35. The van der Waals surface area contributed by atoms with E-state index in [0.717, 1.165) is 25.4 Å². The van der Waals surface area contributed by atoms with Gasteiger partial charge in [-0.25, -0.2) is 0 Å². The normalized spacial score (nSPS) is 16.1. The van der Waals surface area contributed by atoms with Crippen LogP contribution in [0.15, 0.2) is 54.9 Å². The summed E-state index contributed by atoms with van der Waals surface area (Å²) in [6.45, 7) is 3.04. The quantitative estimate of drug-likeness (QED) is 0.850. The number of ether oxygens (including phenoxy) is 1.